The summed E-state index contributed by atoms with van der Waals surface area (Å²) in [6.45, 7) is 0. The monoisotopic (exact) mass is 371 g/mol. The Labute approximate surface area is 135 Å². The number of nitrogens with one attached hydrogen (secondary N) is 1. The molecule has 0 fully saturated rings. The Morgan fingerprint density at radius 3 is 2.71 bits per heavy atom. The summed E-state index contributed by atoms with van der Waals surface area (Å²) in [5.41, 5.74) is 0.797. The van der Waals surface area contributed by atoms with Gasteiger partial charge >= 0.3 is 5.97 Å². The Balaban J connectivity index is 2.37. The lowest BCUT2D eigenvalue weighted by Crippen LogP contribution is -2.23. The SMILES string of the molecule is COC(=O)C(Nc1cccc(Cl)c1)c1ccc(Br)cc1F. The van der Waals surface area contributed by atoms with E-state index in [0.717, 1.165) is 0 Å². The number of ether oxygens (including phenoxy) is 1. The van der Waals surface area contributed by atoms with Crippen LogP contribution in [0.5, 0.6) is 0 Å². The van der Waals surface area contributed by atoms with Crippen LogP contribution in [0.25, 0.3) is 0 Å². The van der Waals surface area contributed by atoms with Crippen LogP contribution in [-0.2, 0) is 9.53 Å². The van der Waals surface area contributed by atoms with Crippen molar-refractivity contribution in [3.8, 4) is 0 Å². The van der Waals surface area contributed by atoms with E-state index in [1.165, 1.54) is 19.2 Å². The molecule has 0 aromatic heterocycles. The van der Waals surface area contributed by atoms with E-state index in [0.29, 0.717) is 15.2 Å². The normalized spacial score (nSPS) is 11.8. The highest BCUT2D eigenvalue weighted by Gasteiger charge is 2.24. The van der Waals surface area contributed by atoms with Gasteiger partial charge < -0.3 is 10.1 Å². The number of carbonyl (C=O) groups excluding carboxylic acids is 1. The van der Waals surface area contributed by atoms with Gasteiger partial charge in [0.25, 0.3) is 0 Å². The van der Waals surface area contributed by atoms with Crippen molar-refractivity contribution in [2.24, 2.45) is 0 Å². The van der Waals surface area contributed by atoms with Crippen LogP contribution in [0.3, 0.4) is 0 Å². The first-order valence-corrected chi connectivity index (χ1v) is 7.23. The van der Waals surface area contributed by atoms with Crippen molar-refractivity contribution < 1.29 is 13.9 Å². The smallest absolute Gasteiger partial charge is 0.333 e. The minimum atomic E-state index is -0.957. The van der Waals surface area contributed by atoms with Crippen LogP contribution in [0, 0.1) is 5.82 Å². The molecule has 0 aliphatic carbocycles. The maximum Gasteiger partial charge on any atom is 0.333 e. The second-order valence-corrected chi connectivity index (χ2v) is 5.63. The molecule has 21 heavy (non-hydrogen) atoms. The molecule has 0 saturated carbocycles. The Hall–Kier alpha value is -1.59. The molecule has 2 aromatic carbocycles. The van der Waals surface area contributed by atoms with Gasteiger partial charge in [0, 0.05) is 20.7 Å². The summed E-state index contributed by atoms with van der Waals surface area (Å²) >= 11 is 9.09. The van der Waals surface area contributed by atoms with E-state index in [2.05, 4.69) is 21.2 Å². The molecule has 0 heterocycles. The Bertz CT molecular complexity index is 666. The highest BCUT2D eigenvalue weighted by molar-refractivity contribution is 9.10. The van der Waals surface area contributed by atoms with Gasteiger partial charge in [-0.2, -0.15) is 0 Å². The molecule has 0 aliphatic heterocycles. The molecule has 0 spiro atoms. The number of methoxy groups -OCH3 is 1. The maximum atomic E-state index is 14.1. The third kappa shape index (κ3) is 3.95. The summed E-state index contributed by atoms with van der Waals surface area (Å²) in [5, 5.41) is 3.45. The fraction of sp³-hybridized carbons (Fsp3) is 0.133. The van der Waals surface area contributed by atoms with Gasteiger partial charge in [-0.15, -0.1) is 0 Å². The molecule has 0 bridgehead atoms. The first-order chi connectivity index (χ1) is 10.0. The van der Waals surface area contributed by atoms with E-state index in [4.69, 9.17) is 16.3 Å². The van der Waals surface area contributed by atoms with Crippen molar-refractivity contribution in [3.05, 3.63) is 63.3 Å². The van der Waals surface area contributed by atoms with Crippen LogP contribution in [0.1, 0.15) is 11.6 Å². The number of hydrogen-bond donors (Lipinski definition) is 1. The molecule has 1 N–H and O–H groups in total. The van der Waals surface area contributed by atoms with E-state index in [1.54, 1.807) is 30.3 Å². The van der Waals surface area contributed by atoms with Crippen LogP contribution >= 0.6 is 27.5 Å². The van der Waals surface area contributed by atoms with E-state index in [1.807, 2.05) is 0 Å². The lowest BCUT2D eigenvalue weighted by molar-refractivity contribution is -0.141. The predicted molar refractivity (Wildman–Crippen MR) is 83.9 cm³/mol. The largest absolute Gasteiger partial charge is 0.467 e. The average Bonchev–Trinajstić information content (AvgIpc) is 2.45. The molecule has 1 unspecified atom stereocenters. The number of halogens is 3. The number of carbonyl (C=O) groups is 1. The van der Waals surface area contributed by atoms with E-state index >= 15 is 0 Å². The minimum absolute atomic E-state index is 0.199. The molecular formula is C15H12BrClFNO2. The Kier molecular flexibility index (Phi) is 5.20. The van der Waals surface area contributed by atoms with Gasteiger partial charge in [-0.25, -0.2) is 9.18 Å². The van der Waals surface area contributed by atoms with Crippen molar-refractivity contribution in [1.29, 1.82) is 0 Å². The van der Waals surface area contributed by atoms with Crippen LogP contribution in [0.2, 0.25) is 5.02 Å². The molecule has 6 heteroatoms. The summed E-state index contributed by atoms with van der Waals surface area (Å²) < 4.78 is 19.4. The van der Waals surface area contributed by atoms with Gasteiger partial charge in [-0.3, -0.25) is 0 Å². The maximum absolute atomic E-state index is 14.1. The first-order valence-electron chi connectivity index (χ1n) is 6.06. The molecule has 1 atom stereocenters. The third-order valence-electron chi connectivity index (χ3n) is 2.85. The summed E-state index contributed by atoms with van der Waals surface area (Å²) in [6.07, 6.45) is 0. The van der Waals surface area contributed by atoms with Gasteiger partial charge in [0.15, 0.2) is 6.04 Å². The third-order valence-corrected chi connectivity index (χ3v) is 3.57. The van der Waals surface area contributed by atoms with Crippen molar-refractivity contribution in [1.82, 2.24) is 0 Å². The van der Waals surface area contributed by atoms with E-state index in [-0.39, 0.29) is 5.56 Å². The standard InChI is InChI=1S/C15H12BrClFNO2/c1-21-15(20)14(12-6-5-9(16)7-13(12)18)19-11-4-2-3-10(17)8-11/h2-8,14,19H,1H3. The highest BCUT2D eigenvalue weighted by atomic mass is 79.9. The zero-order chi connectivity index (χ0) is 15.4. The number of benzene rings is 2. The molecule has 0 radical (unpaired) electrons. The fourth-order valence-electron chi connectivity index (χ4n) is 1.86. The van der Waals surface area contributed by atoms with Gasteiger partial charge in [-0.05, 0) is 30.3 Å². The fourth-order valence-corrected chi connectivity index (χ4v) is 2.39. The molecule has 2 aromatic rings. The molecule has 110 valence electrons. The summed E-state index contributed by atoms with van der Waals surface area (Å²) in [6, 6.07) is 10.4. The molecule has 0 saturated heterocycles. The van der Waals surface area contributed by atoms with E-state index < -0.39 is 17.8 Å². The minimum Gasteiger partial charge on any atom is -0.467 e. The van der Waals surface area contributed by atoms with Gasteiger partial charge in [0.1, 0.15) is 5.82 Å². The quantitative estimate of drug-likeness (QED) is 0.799. The second-order valence-electron chi connectivity index (χ2n) is 4.28. The van der Waals surface area contributed by atoms with Gasteiger partial charge in [0.05, 0.1) is 7.11 Å². The number of anilines is 1. The van der Waals surface area contributed by atoms with Gasteiger partial charge in [0.2, 0.25) is 0 Å². The second kappa shape index (κ2) is 6.91. The molecular weight excluding hydrogens is 361 g/mol. The van der Waals surface area contributed by atoms with E-state index in [9.17, 15) is 9.18 Å². The first kappa shape index (κ1) is 15.8. The molecule has 3 nitrogen and oxygen atoms in total. The zero-order valence-electron chi connectivity index (χ0n) is 11.1. The summed E-state index contributed by atoms with van der Waals surface area (Å²) in [5.74, 6) is -1.09. The summed E-state index contributed by atoms with van der Waals surface area (Å²) in [4.78, 5) is 11.9. The molecule has 2 rings (SSSR count). The van der Waals surface area contributed by atoms with Crippen molar-refractivity contribution in [2.75, 3.05) is 12.4 Å². The Morgan fingerprint density at radius 1 is 1.33 bits per heavy atom. The zero-order valence-corrected chi connectivity index (χ0v) is 13.4. The topological polar surface area (TPSA) is 38.3 Å². The van der Waals surface area contributed by atoms with Crippen LogP contribution in [0.4, 0.5) is 10.1 Å². The van der Waals surface area contributed by atoms with Gasteiger partial charge in [-0.1, -0.05) is 39.7 Å². The average molecular weight is 373 g/mol. The number of esters is 1. The lowest BCUT2D eigenvalue weighted by atomic mass is 10.1. The van der Waals surface area contributed by atoms with Crippen molar-refractivity contribution in [2.45, 2.75) is 6.04 Å². The van der Waals surface area contributed by atoms with Crippen molar-refractivity contribution >= 4 is 39.2 Å². The molecule has 0 aliphatic rings. The predicted octanol–water partition coefficient (Wildman–Crippen LogP) is 4.57. The van der Waals surface area contributed by atoms with Crippen LogP contribution in [0.15, 0.2) is 46.9 Å². The molecule has 0 amide bonds. The summed E-state index contributed by atoms with van der Waals surface area (Å²) in [7, 11) is 1.26. The van der Waals surface area contributed by atoms with Crippen LogP contribution in [-0.4, -0.2) is 13.1 Å². The highest BCUT2D eigenvalue weighted by Crippen LogP contribution is 2.26. The lowest BCUT2D eigenvalue weighted by Gasteiger charge is -2.19. The number of hydrogen-bond acceptors (Lipinski definition) is 3. The number of rotatable bonds is 4. The van der Waals surface area contributed by atoms with Crippen molar-refractivity contribution in [3.63, 3.8) is 0 Å². The van der Waals surface area contributed by atoms with Crippen LogP contribution < -0.4 is 5.32 Å². The Morgan fingerprint density at radius 2 is 2.10 bits per heavy atom.